The normalized spacial score (nSPS) is 11.0. The fourth-order valence-corrected chi connectivity index (χ4v) is 1.84. The van der Waals surface area contributed by atoms with Gasteiger partial charge in [-0.05, 0) is 23.1 Å². The van der Waals surface area contributed by atoms with Crippen LogP contribution in [-0.4, -0.2) is 30.1 Å². The van der Waals surface area contributed by atoms with Gasteiger partial charge in [-0.3, -0.25) is 9.59 Å². The van der Waals surface area contributed by atoms with E-state index in [9.17, 15) is 9.59 Å². The Kier molecular flexibility index (Phi) is 6.37. The van der Waals surface area contributed by atoms with E-state index in [2.05, 4.69) is 10.6 Å². The summed E-state index contributed by atoms with van der Waals surface area (Å²) in [5.41, 5.74) is 1.54. The molecular weight excluding hydrogens is 268 g/mol. The van der Waals surface area contributed by atoms with Crippen molar-refractivity contribution < 1.29 is 14.7 Å². The van der Waals surface area contributed by atoms with Gasteiger partial charge in [0.1, 0.15) is 0 Å². The van der Waals surface area contributed by atoms with E-state index < -0.39 is 0 Å². The van der Waals surface area contributed by atoms with Crippen molar-refractivity contribution in [2.75, 3.05) is 18.5 Å². The number of nitrogens with one attached hydrogen (secondary N) is 2. The summed E-state index contributed by atoms with van der Waals surface area (Å²) in [4.78, 5) is 23.3. The third kappa shape index (κ3) is 7.46. The van der Waals surface area contributed by atoms with E-state index in [0.717, 1.165) is 11.3 Å². The van der Waals surface area contributed by atoms with E-state index in [1.54, 1.807) is 12.1 Å². The van der Waals surface area contributed by atoms with Crippen LogP contribution in [0.2, 0.25) is 0 Å². The molecule has 0 aromatic heterocycles. The highest BCUT2D eigenvalue weighted by molar-refractivity contribution is 5.91. The predicted octanol–water partition coefficient (Wildman–Crippen LogP) is 1.71. The van der Waals surface area contributed by atoms with E-state index in [-0.39, 0.29) is 36.8 Å². The van der Waals surface area contributed by atoms with E-state index in [1.807, 2.05) is 32.9 Å². The monoisotopic (exact) mass is 292 g/mol. The Morgan fingerprint density at radius 3 is 2.24 bits per heavy atom. The van der Waals surface area contributed by atoms with E-state index >= 15 is 0 Å². The largest absolute Gasteiger partial charge is 0.395 e. The third-order valence-electron chi connectivity index (χ3n) is 2.73. The number of hydrogen-bond acceptors (Lipinski definition) is 3. The maximum atomic E-state index is 11.8. The first-order chi connectivity index (χ1) is 9.80. The van der Waals surface area contributed by atoms with Gasteiger partial charge in [-0.1, -0.05) is 32.9 Å². The van der Waals surface area contributed by atoms with Crippen LogP contribution in [0.1, 0.15) is 32.8 Å². The van der Waals surface area contributed by atoms with Crippen LogP contribution >= 0.6 is 0 Å². The summed E-state index contributed by atoms with van der Waals surface area (Å²) in [5, 5.41) is 14.1. The number of aliphatic hydroxyl groups is 1. The molecule has 0 spiro atoms. The van der Waals surface area contributed by atoms with E-state index in [1.165, 1.54) is 0 Å². The Balaban J connectivity index is 2.50. The van der Waals surface area contributed by atoms with Gasteiger partial charge in [0, 0.05) is 18.7 Å². The minimum absolute atomic E-state index is 0.0176. The van der Waals surface area contributed by atoms with Gasteiger partial charge in [0.2, 0.25) is 11.8 Å². The first-order valence-corrected chi connectivity index (χ1v) is 7.06. The molecule has 0 heterocycles. The molecule has 1 rings (SSSR count). The van der Waals surface area contributed by atoms with Gasteiger partial charge in [0.25, 0.3) is 0 Å². The zero-order valence-corrected chi connectivity index (χ0v) is 12.9. The Labute approximate surface area is 125 Å². The molecule has 0 saturated heterocycles. The lowest BCUT2D eigenvalue weighted by Gasteiger charge is -2.17. The van der Waals surface area contributed by atoms with Gasteiger partial charge in [-0.2, -0.15) is 0 Å². The van der Waals surface area contributed by atoms with Crippen LogP contribution in [0.3, 0.4) is 0 Å². The summed E-state index contributed by atoms with van der Waals surface area (Å²) in [6, 6.07) is 7.20. The summed E-state index contributed by atoms with van der Waals surface area (Å²) >= 11 is 0. The lowest BCUT2D eigenvalue weighted by molar-refractivity contribution is -0.120. The fraction of sp³-hybridized carbons (Fsp3) is 0.500. The smallest absolute Gasteiger partial charge is 0.224 e. The van der Waals surface area contributed by atoms with Gasteiger partial charge in [0.15, 0.2) is 0 Å². The minimum atomic E-state index is -0.131. The van der Waals surface area contributed by atoms with Crippen LogP contribution in [0.25, 0.3) is 0 Å². The molecule has 0 fully saturated rings. The van der Waals surface area contributed by atoms with Crippen LogP contribution in [0.15, 0.2) is 24.3 Å². The molecule has 2 amide bonds. The predicted molar refractivity (Wildman–Crippen MR) is 82.9 cm³/mol. The summed E-state index contributed by atoms with van der Waals surface area (Å²) < 4.78 is 0. The van der Waals surface area contributed by atoms with Crippen molar-refractivity contribution in [3.8, 4) is 0 Å². The first kappa shape index (κ1) is 17.2. The number of carbonyl (C=O) groups excluding carboxylic acids is 2. The molecule has 0 aliphatic rings. The van der Waals surface area contributed by atoms with Crippen LogP contribution < -0.4 is 10.6 Å². The number of benzene rings is 1. The highest BCUT2D eigenvalue weighted by Crippen LogP contribution is 2.19. The zero-order chi connectivity index (χ0) is 15.9. The lowest BCUT2D eigenvalue weighted by Crippen LogP contribution is -2.27. The molecule has 1 aromatic carbocycles. The zero-order valence-electron chi connectivity index (χ0n) is 12.9. The highest BCUT2D eigenvalue weighted by Gasteiger charge is 2.15. The number of anilines is 1. The molecule has 0 atom stereocenters. The molecule has 0 saturated carbocycles. The number of aliphatic hydroxyl groups excluding tert-OH is 1. The molecule has 5 heteroatoms. The summed E-state index contributed by atoms with van der Waals surface area (Å²) in [6.45, 7) is 6.24. The number of carbonyl (C=O) groups is 2. The van der Waals surface area contributed by atoms with Crippen molar-refractivity contribution in [3.63, 3.8) is 0 Å². The standard InChI is InChI=1S/C16H24N2O3/c1-16(2,3)11-15(21)18-13-6-4-12(5-7-13)10-14(20)17-8-9-19/h4-7,19H,8-11H2,1-3H3,(H,17,20)(H,18,21). The molecule has 21 heavy (non-hydrogen) atoms. The maximum Gasteiger partial charge on any atom is 0.224 e. The summed E-state index contributed by atoms with van der Waals surface area (Å²) in [6.07, 6.45) is 0.717. The van der Waals surface area contributed by atoms with Crippen molar-refractivity contribution >= 4 is 17.5 Å². The van der Waals surface area contributed by atoms with Crippen molar-refractivity contribution in [1.82, 2.24) is 5.32 Å². The average Bonchev–Trinajstić information content (AvgIpc) is 2.36. The van der Waals surface area contributed by atoms with Gasteiger partial charge >= 0.3 is 0 Å². The van der Waals surface area contributed by atoms with Crippen LogP contribution in [0.4, 0.5) is 5.69 Å². The molecule has 0 radical (unpaired) electrons. The van der Waals surface area contributed by atoms with E-state index in [4.69, 9.17) is 5.11 Å². The van der Waals surface area contributed by atoms with Gasteiger partial charge in [0.05, 0.1) is 13.0 Å². The Morgan fingerprint density at radius 2 is 1.71 bits per heavy atom. The van der Waals surface area contributed by atoms with Crippen LogP contribution in [-0.2, 0) is 16.0 Å². The molecule has 3 N–H and O–H groups in total. The second-order valence-corrected chi connectivity index (χ2v) is 6.23. The first-order valence-electron chi connectivity index (χ1n) is 7.06. The number of amides is 2. The molecule has 1 aromatic rings. The van der Waals surface area contributed by atoms with Crippen molar-refractivity contribution in [1.29, 1.82) is 0 Å². The Hall–Kier alpha value is -1.88. The Morgan fingerprint density at radius 1 is 1.10 bits per heavy atom. The van der Waals surface area contributed by atoms with E-state index in [0.29, 0.717) is 6.42 Å². The molecule has 0 unspecified atom stereocenters. The molecule has 0 aliphatic heterocycles. The fourth-order valence-electron chi connectivity index (χ4n) is 1.84. The molecule has 0 aliphatic carbocycles. The van der Waals surface area contributed by atoms with Gasteiger partial charge in [-0.15, -0.1) is 0 Å². The maximum absolute atomic E-state index is 11.8. The molecule has 5 nitrogen and oxygen atoms in total. The SMILES string of the molecule is CC(C)(C)CC(=O)Nc1ccc(CC(=O)NCCO)cc1. The summed E-state index contributed by atoms with van der Waals surface area (Å²) in [5.74, 6) is -0.149. The van der Waals surface area contributed by atoms with Crippen LogP contribution in [0.5, 0.6) is 0 Å². The van der Waals surface area contributed by atoms with Crippen molar-refractivity contribution in [2.24, 2.45) is 5.41 Å². The second-order valence-electron chi connectivity index (χ2n) is 6.23. The van der Waals surface area contributed by atoms with Crippen molar-refractivity contribution in [2.45, 2.75) is 33.6 Å². The highest BCUT2D eigenvalue weighted by atomic mass is 16.3. The molecule has 0 bridgehead atoms. The molecular formula is C16H24N2O3. The van der Waals surface area contributed by atoms with Gasteiger partial charge < -0.3 is 15.7 Å². The quantitative estimate of drug-likeness (QED) is 0.747. The number of hydrogen-bond donors (Lipinski definition) is 3. The van der Waals surface area contributed by atoms with Crippen LogP contribution in [0, 0.1) is 5.41 Å². The average molecular weight is 292 g/mol. The topological polar surface area (TPSA) is 78.4 Å². The summed E-state index contributed by atoms with van der Waals surface area (Å²) in [7, 11) is 0. The minimum Gasteiger partial charge on any atom is -0.395 e. The third-order valence-corrected chi connectivity index (χ3v) is 2.73. The second kappa shape index (κ2) is 7.78. The lowest BCUT2D eigenvalue weighted by atomic mass is 9.92. The Bertz CT molecular complexity index is 475. The number of rotatable bonds is 6. The molecule has 116 valence electrons. The van der Waals surface area contributed by atoms with Gasteiger partial charge in [-0.25, -0.2) is 0 Å². The van der Waals surface area contributed by atoms with Crippen molar-refractivity contribution in [3.05, 3.63) is 29.8 Å².